The van der Waals surface area contributed by atoms with E-state index in [0.29, 0.717) is 12.5 Å². The lowest BCUT2D eigenvalue weighted by Crippen LogP contribution is -2.48. The second kappa shape index (κ2) is 8.38. The molecule has 4 rings (SSSR count). The van der Waals surface area contributed by atoms with Crippen LogP contribution in [0.3, 0.4) is 0 Å². The van der Waals surface area contributed by atoms with Gasteiger partial charge in [-0.3, -0.25) is 9.79 Å². The van der Waals surface area contributed by atoms with Crippen LogP contribution >= 0.6 is 0 Å². The van der Waals surface area contributed by atoms with E-state index in [9.17, 15) is 4.79 Å². The van der Waals surface area contributed by atoms with Crippen LogP contribution in [0.2, 0.25) is 0 Å². The number of ether oxygens (including phenoxy) is 1. The molecule has 6 heteroatoms. The zero-order valence-corrected chi connectivity index (χ0v) is 17.9. The van der Waals surface area contributed by atoms with Crippen molar-refractivity contribution in [2.24, 2.45) is 4.99 Å². The smallest absolute Gasteiger partial charge is 0.242 e. The van der Waals surface area contributed by atoms with E-state index in [1.54, 1.807) is 7.05 Å². The fourth-order valence-electron chi connectivity index (χ4n) is 4.27. The number of nitrogens with one attached hydrogen (secondary N) is 2. The highest BCUT2D eigenvalue weighted by Gasteiger charge is 2.34. The van der Waals surface area contributed by atoms with E-state index in [2.05, 4.69) is 53.7 Å². The molecule has 0 aromatic heterocycles. The Hall–Kier alpha value is -3.02. The number of rotatable bonds is 3. The monoisotopic (exact) mass is 406 g/mol. The van der Waals surface area contributed by atoms with Gasteiger partial charge in [-0.15, -0.1) is 0 Å². The van der Waals surface area contributed by atoms with Crippen LogP contribution in [0.25, 0.3) is 0 Å². The van der Waals surface area contributed by atoms with Gasteiger partial charge in [-0.05, 0) is 37.5 Å². The molecule has 158 valence electrons. The van der Waals surface area contributed by atoms with E-state index in [0.717, 1.165) is 30.7 Å². The van der Waals surface area contributed by atoms with Gasteiger partial charge in [0.2, 0.25) is 5.91 Å². The maximum atomic E-state index is 12.8. The van der Waals surface area contributed by atoms with Crippen LogP contribution in [0, 0.1) is 0 Å². The molecule has 0 bridgehead atoms. The first kappa shape index (κ1) is 20.3. The van der Waals surface area contributed by atoms with Gasteiger partial charge in [-0.25, -0.2) is 0 Å². The number of fused-ring (bicyclic) bond motifs is 2. The third-order valence-corrected chi connectivity index (χ3v) is 5.80. The molecule has 2 aliphatic heterocycles. The van der Waals surface area contributed by atoms with Crippen LogP contribution in [0.4, 0.5) is 0 Å². The predicted octanol–water partition coefficient (Wildman–Crippen LogP) is 3.04. The Morgan fingerprint density at radius 2 is 1.90 bits per heavy atom. The summed E-state index contributed by atoms with van der Waals surface area (Å²) in [6.45, 7) is 5.82. The number of carbonyl (C=O) groups is 1. The number of aliphatic imine (C=N–C) groups is 1. The number of carbonyl (C=O) groups excluding carboxylic acids is 1. The van der Waals surface area contributed by atoms with E-state index in [1.165, 1.54) is 11.1 Å². The lowest BCUT2D eigenvalue weighted by Gasteiger charge is -2.38. The summed E-state index contributed by atoms with van der Waals surface area (Å²) in [4.78, 5) is 19.0. The third-order valence-electron chi connectivity index (χ3n) is 5.80. The fourth-order valence-corrected chi connectivity index (χ4v) is 4.27. The molecule has 2 aliphatic rings. The lowest BCUT2D eigenvalue weighted by atomic mass is 9.90. The van der Waals surface area contributed by atoms with E-state index >= 15 is 0 Å². The number of para-hydroxylation sites is 1. The van der Waals surface area contributed by atoms with Crippen molar-refractivity contribution >= 4 is 11.9 Å². The zero-order chi connectivity index (χ0) is 21.1. The van der Waals surface area contributed by atoms with Crippen molar-refractivity contribution < 1.29 is 9.53 Å². The molecular weight excluding hydrogens is 376 g/mol. The minimum absolute atomic E-state index is 0.0631. The molecule has 2 heterocycles. The van der Waals surface area contributed by atoms with Gasteiger partial charge >= 0.3 is 0 Å². The SMILES string of the molecule is CN=C(NCC(=O)N1CCc2ccccc2C1)NC1CC(C)(C)Oc2ccccc21. The highest BCUT2D eigenvalue weighted by molar-refractivity contribution is 5.86. The van der Waals surface area contributed by atoms with Gasteiger partial charge in [-0.1, -0.05) is 42.5 Å². The second-order valence-corrected chi connectivity index (χ2v) is 8.56. The molecule has 1 atom stereocenters. The first-order valence-electron chi connectivity index (χ1n) is 10.5. The molecule has 0 radical (unpaired) electrons. The molecule has 2 aromatic carbocycles. The minimum atomic E-state index is -0.276. The summed E-state index contributed by atoms with van der Waals surface area (Å²) in [5, 5.41) is 6.68. The van der Waals surface area contributed by atoms with Crippen molar-refractivity contribution in [2.75, 3.05) is 20.1 Å². The number of nitrogens with zero attached hydrogens (tertiary/aromatic N) is 2. The lowest BCUT2D eigenvalue weighted by molar-refractivity contribution is -0.130. The molecule has 0 fully saturated rings. The van der Waals surface area contributed by atoms with Gasteiger partial charge in [0.15, 0.2) is 5.96 Å². The quantitative estimate of drug-likeness (QED) is 0.607. The Labute approximate surface area is 178 Å². The van der Waals surface area contributed by atoms with E-state index in [4.69, 9.17) is 4.74 Å². The van der Waals surface area contributed by atoms with Crippen molar-refractivity contribution in [3.8, 4) is 5.75 Å². The van der Waals surface area contributed by atoms with Crippen molar-refractivity contribution in [3.63, 3.8) is 0 Å². The van der Waals surface area contributed by atoms with Crippen molar-refractivity contribution in [1.82, 2.24) is 15.5 Å². The summed E-state index contributed by atoms with van der Waals surface area (Å²) in [6.07, 6.45) is 1.71. The van der Waals surface area contributed by atoms with Crippen LogP contribution in [-0.2, 0) is 17.8 Å². The number of amides is 1. The summed E-state index contributed by atoms with van der Waals surface area (Å²) in [5.74, 6) is 1.60. The second-order valence-electron chi connectivity index (χ2n) is 8.56. The molecule has 0 saturated heterocycles. The van der Waals surface area contributed by atoms with Crippen molar-refractivity contribution in [1.29, 1.82) is 0 Å². The molecule has 0 saturated carbocycles. The Balaban J connectivity index is 1.37. The standard InChI is InChI=1S/C24H30N4O2/c1-24(2)14-20(19-10-6-7-11-21(19)30-24)27-23(25-3)26-15-22(29)28-13-12-17-8-4-5-9-18(17)16-28/h4-11,20H,12-16H2,1-3H3,(H2,25,26,27). The highest BCUT2D eigenvalue weighted by Crippen LogP contribution is 2.39. The molecule has 1 unspecified atom stereocenters. The maximum absolute atomic E-state index is 12.8. The summed E-state index contributed by atoms with van der Waals surface area (Å²) >= 11 is 0. The van der Waals surface area contributed by atoms with Gasteiger partial charge in [0.1, 0.15) is 11.4 Å². The van der Waals surface area contributed by atoms with E-state index < -0.39 is 0 Å². The number of guanidine groups is 1. The average Bonchev–Trinajstić information content (AvgIpc) is 2.75. The fraction of sp³-hybridized carbons (Fsp3) is 0.417. The Morgan fingerprint density at radius 1 is 1.17 bits per heavy atom. The predicted molar refractivity (Wildman–Crippen MR) is 119 cm³/mol. The third kappa shape index (κ3) is 4.42. The molecule has 1 amide bonds. The highest BCUT2D eigenvalue weighted by atomic mass is 16.5. The van der Waals surface area contributed by atoms with Crippen LogP contribution in [0.15, 0.2) is 53.5 Å². The number of hydrogen-bond donors (Lipinski definition) is 2. The van der Waals surface area contributed by atoms with Gasteiger partial charge in [0, 0.05) is 32.1 Å². The molecular formula is C24H30N4O2. The number of benzene rings is 2. The average molecular weight is 407 g/mol. The summed E-state index contributed by atoms with van der Waals surface area (Å²) in [7, 11) is 1.73. The molecule has 0 spiro atoms. The van der Waals surface area contributed by atoms with Crippen LogP contribution in [-0.4, -0.2) is 42.5 Å². The molecule has 30 heavy (non-hydrogen) atoms. The Kier molecular flexibility index (Phi) is 5.66. The first-order chi connectivity index (χ1) is 14.4. The summed E-state index contributed by atoms with van der Waals surface area (Å²) in [5.41, 5.74) is 3.41. The van der Waals surface area contributed by atoms with Crippen molar-refractivity contribution in [2.45, 2.75) is 44.9 Å². The van der Waals surface area contributed by atoms with Crippen molar-refractivity contribution in [3.05, 3.63) is 65.2 Å². The van der Waals surface area contributed by atoms with Gasteiger partial charge < -0.3 is 20.3 Å². The molecule has 2 aromatic rings. The van der Waals surface area contributed by atoms with Gasteiger partial charge in [0.05, 0.1) is 12.6 Å². The van der Waals surface area contributed by atoms with Gasteiger partial charge in [0.25, 0.3) is 0 Å². The maximum Gasteiger partial charge on any atom is 0.242 e. The largest absolute Gasteiger partial charge is 0.487 e. The van der Waals surface area contributed by atoms with Gasteiger partial charge in [-0.2, -0.15) is 0 Å². The summed E-state index contributed by atoms with van der Waals surface area (Å²) in [6, 6.07) is 16.5. The zero-order valence-electron chi connectivity index (χ0n) is 17.9. The van der Waals surface area contributed by atoms with Crippen LogP contribution in [0.1, 0.15) is 43.0 Å². The van der Waals surface area contributed by atoms with Crippen LogP contribution < -0.4 is 15.4 Å². The number of hydrogen-bond acceptors (Lipinski definition) is 3. The normalized spacial score (nSPS) is 19.9. The van der Waals surface area contributed by atoms with Crippen LogP contribution in [0.5, 0.6) is 5.75 Å². The first-order valence-corrected chi connectivity index (χ1v) is 10.5. The Morgan fingerprint density at radius 3 is 2.70 bits per heavy atom. The summed E-state index contributed by atoms with van der Waals surface area (Å²) < 4.78 is 6.11. The van der Waals surface area contributed by atoms with E-state index in [1.807, 2.05) is 29.2 Å². The van der Waals surface area contributed by atoms with E-state index in [-0.39, 0.29) is 24.1 Å². The topological polar surface area (TPSA) is 66.0 Å². The molecule has 6 nitrogen and oxygen atoms in total. The minimum Gasteiger partial charge on any atom is -0.487 e. The molecule has 2 N–H and O–H groups in total. The molecule has 0 aliphatic carbocycles. The Bertz CT molecular complexity index is 954.